The minimum absolute atomic E-state index is 0.629. The van der Waals surface area contributed by atoms with Crippen LogP contribution in [-0.2, 0) is 0 Å². The first-order chi connectivity index (χ1) is 26.2. The van der Waals surface area contributed by atoms with Gasteiger partial charge in [0.1, 0.15) is 0 Å². The molecular weight excluding hydrogens is 709 g/mol. The molecule has 0 aliphatic heterocycles. The normalized spacial score (nSPS) is 11.4. The van der Waals surface area contributed by atoms with Crippen molar-refractivity contribution in [2.24, 2.45) is 0 Å². The second-order valence-corrected chi connectivity index (χ2v) is 15.7. The molecule has 0 unspecified atom stereocenters. The molecule has 0 bridgehead atoms. The van der Waals surface area contributed by atoms with Gasteiger partial charge in [-0.15, -0.1) is 34.0 Å². The molecule has 0 aliphatic rings. The highest BCUT2D eigenvalue weighted by Crippen LogP contribution is 2.50. The summed E-state index contributed by atoms with van der Waals surface area (Å²) in [5.41, 5.74) is 7.99. The van der Waals surface area contributed by atoms with Crippen LogP contribution in [0.15, 0.2) is 156 Å². The van der Waals surface area contributed by atoms with E-state index in [9.17, 15) is 0 Å². The maximum absolute atomic E-state index is 5.09. The molecule has 0 saturated carbocycles. The van der Waals surface area contributed by atoms with Gasteiger partial charge in [-0.2, -0.15) is 0 Å². The first-order valence-corrected chi connectivity index (χ1v) is 19.6. The molecule has 9 heteroatoms. The van der Waals surface area contributed by atoms with Gasteiger partial charge in [0.15, 0.2) is 34.9 Å². The van der Waals surface area contributed by atoms with Crippen molar-refractivity contribution in [3.63, 3.8) is 0 Å². The molecule has 0 N–H and O–H groups in total. The number of hydrogen-bond acceptors (Lipinski definition) is 9. The Bertz CT molecular complexity index is 2770. The minimum Gasteiger partial charge on any atom is -0.208 e. The van der Waals surface area contributed by atoms with Crippen molar-refractivity contribution in [2.75, 3.05) is 0 Å². The Kier molecular flexibility index (Phi) is 7.94. The molecule has 0 atom stereocenters. The zero-order valence-corrected chi connectivity index (χ0v) is 30.4. The lowest BCUT2D eigenvalue weighted by Crippen LogP contribution is -2.00. The van der Waals surface area contributed by atoms with Gasteiger partial charge in [0.2, 0.25) is 0 Å². The molecule has 250 valence electrons. The van der Waals surface area contributed by atoms with Gasteiger partial charge < -0.3 is 0 Å². The lowest BCUT2D eigenvalue weighted by Gasteiger charge is -2.09. The van der Waals surface area contributed by atoms with Gasteiger partial charge in [-0.1, -0.05) is 140 Å². The molecule has 5 heterocycles. The van der Waals surface area contributed by atoms with Gasteiger partial charge in [0.25, 0.3) is 0 Å². The van der Waals surface area contributed by atoms with Crippen LogP contribution in [0.1, 0.15) is 0 Å². The van der Waals surface area contributed by atoms with E-state index < -0.39 is 0 Å². The fraction of sp³-hybridized carbons (Fsp3) is 0. The van der Waals surface area contributed by atoms with Crippen molar-refractivity contribution < 1.29 is 0 Å². The highest BCUT2D eigenvalue weighted by molar-refractivity contribution is 7.48. The Morgan fingerprint density at radius 2 is 0.642 bits per heavy atom. The third-order valence-electron chi connectivity index (χ3n) is 9.02. The van der Waals surface area contributed by atoms with Crippen LogP contribution in [0.2, 0.25) is 0 Å². The molecule has 0 spiro atoms. The Morgan fingerprint density at radius 3 is 1.09 bits per heavy atom. The van der Waals surface area contributed by atoms with Crippen LogP contribution in [0.5, 0.6) is 0 Å². The number of aromatic nitrogens is 6. The molecular formula is C44H26N6S3. The van der Waals surface area contributed by atoms with E-state index in [0.717, 1.165) is 38.9 Å². The lowest BCUT2D eigenvalue weighted by atomic mass is 10.0. The van der Waals surface area contributed by atoms with Crippen molar-refractivity contribution >= 4 is 52.8 Å². The van der Waals surface area contributed by atoms with Crippen LogP contribution < -0.4 is 0 Å². The van der Waals surface area contributed by atoms with Crippen molar-refractivity contribution in [1.82, 2.24) is 29.9 Å². The molecule has 53 heavy (non-hydrogen) atoms. The molecule has 0 saturated heterocycles. The minimum atomic E-state index is 0.629. The largest absolute Gasteiger partial charge is 0.208 e. The molecule has 6 nitrogen and oxygen atoms in total. The Balaban J connectivity index is 1.12. The fourth-order valence-corrected chi connectivity index (χ4v) is 10.2. The van der Waals surface area contributed by atoms with Crippen LogP contribution in [0.3, 0.4) is 0 Å². The smallest absolute Gasteiger partial charge is 0.165 e. The molecule has 0 amide bonds. The fourth-order valence-electron chi connectivity index (χ4n) is 6.46. The third-order valence-corrected chi connectivity index (χ3v) is 12.4. The Morgan fingerprint density at radius 1 is 0.302 bits per heavy atom. The van der Waals surface area contributed by atoms with E-state index in [1.807, 2.05) is 133 Å². The molecule has 5 aromatic heterocycles. The van der Waals surface area contributed by atoms with Crippen LogP contribution in [0, 0.1) is 0 Å². The maximum Gasteiger partial charge on any atom is 0.165 e. The maximum atomic E-state index is 5.09. The predicted molar refractivity (Wildman–Crippen MR) is 220 cm³/mol. The van der Waals surface area contributed by atoms with E-state index in [2.05, 4.69) is 35.0 Å². The van der Waals surface area contributed by atoms with Gasteiger partial charge in [-0.25, -0.2) is 29.9 Å². The van der Waals surface area contributed by atoms with E-state index in [1.165, 1.54) is 24.4 Å². The van der Waals surface area contributed by atoms with Crippen LogP contribution in [0.4, 0.5) is 0 Å². The monoisotopic (exact) mass is 734 g/mol. The standard InChI is InChI=1S/C44H26N6S3/c1-5-14-27(15-6-1)37-45-38(28-16-7-2-8-17-28)48-41(47-37)32-23-13-22-31(24-32)33-25-51-43-35(33)36-34(26-52-44(36)53-43)42-49-39(29-18-9-3-10-19-29)46-40(50-42)30-20-11-4-12-21-30/h1-26H. The van der Waals surface area contributed by atoms with Gasteiger partial charge >= 0.3 is 0 Å². The van der Waals surface area contributed by atoms with E-state index in [-0.39, 0.29) is 0 Å². The number of benzene rings is 5. The highest BCUT2D eigenvalue weighted by Gasteiger charge is 2.22. The first kappa shape index (κ1) is 31.5. The summed E-state index contributed by atoms with van der Waals surface area (Å²) in [5.74, 6) is 3.89. The predicted octanol–water partition coefficient (Wildman–Crippen LogP) is 12.2. The van der Waals surface area contributed by atoms with Crippen molar-refractivity contribution in [1.29, 1.82) is 0 Å². The summed E-state index contributed by atoms with van der Waals surface area (Å²) < 4.78 is 2.52. The van der Waals surface area contributed by atoms with Gasteiger partial charge in [0.05, 0.1) is 8.03 Å². The number of nitrogens with zero attached hydrogens (tertiary/aromatic N) is 6. The zero-order valence-electron chi connectivity index (χ0n) is 27.9. The number of rotatable bonds is 7. The van der Waals surface area contributed by atoms with Gasteiger partial charge in [0, 0.05) is 60.5 Å². The number of hydrogen-bond donors (Lipinski definition) is 0. The van der Waals surface area contributed by atoms with E-state index >= 15 is 0 Å². The second-order valence-electron chi connectivity index (χ2n) is 12.4. The summed E-state index contributed by atoms with van der Waals surface area (Å²) in [6.45, 7) is 0. The Labute approximate surface area is 316 Å². The summed E-state index contributed by atoms with van der Waals surface area (Å²) in [6, 6.07) is 48.9. The van der Waals surface area contributed by atoms with Crippen LogP contribution in [-0.4, -0.2) is 29.9 Å². The average Bonchev–Trinajstić information content (AvgIpc) is 3.94. The summed E-state index contributed by atoms with van der Waals surface area (Å²) >= 11 is 5.34. The summed E-state index contributed by atoms with van der Waals surface area (Å²) in [6.07, 6.45) is 0. The molecule has 0 aliphatic carbocycles. The molecule has 0 radical (unpaired) electrons. The van der Waals surface area contributed by atoms with Crippen molar-refractivity contribution in [2.45, 2.75) is 0 Å². The summed E-state index contributed by atoms with van der Waals surface area (Å²) in [5, 5.41) is 6.85. The third kappa shape index (κ3) is 5.90. The van der Waals surface area contributed by atoms with Crippen molar-refractivity contribution in [3.8, 4) is 79.5 Å². The first-order valence-electron chi connectivity index (χ1n) is 17.0. The molecule has 10 aromatic rings. The lowest BCUT2D eigenvalue weighted by molar-refractivity contribution is 1.07. The van der Waals surface area contributed by atoms with Crippen LogP contribution in [0.25, 0.3) is 98.3 Å². The summed E-state index contributed by atoms with van der Waals surface area (Å²) in [7, 11) is 0. The van der Waals surface area contributed by atoms with Crippen molar-refractivity contribution in [3.05, 3.63) is 156 Å². The quantitative estimate of drug-likeness (QED) is 0.162. The number of fused-ring (bicyclic) bond motifs is 3. The average molecular weight is 735 g/mol. The topological polar surface area (TPSA) is 77.3 Å². The second kappa shape index (κ2) is 13.4. The number of thiophene rings is 3. The molecule has 0 fully saturated rings. The van der Waals surface area contributed by atoms with E-state index in [4.69, 9.17) is 29.9 Å². The van der Waals surface area contributed by atoms with E-state index in [0.29, 0.717) is 34.9 Å². The highest BCUT2D eigenvalue weighted by atomic mass is 32.2. The van der Waals surface area contributed by atoms with Gasteiger partial charge in [-0.3, -0.25) is 0 Å². The zero-order chi connectivity index (χ0) is 35.1. The Hall–Kier alpha value is -6.26. The summed E-state index contributed by atoms with van der Waals surface area (Å²) in [4.78, 5) is 30.0. The van der Waals surface area contributed by atoms with Crippen LogP contribution >= 0.6 is 34.0 Å². The molecule has 10 rings (SSSR count). The molecule has 5 aromatic carbocycles. The van der Waals surface area contributed by atoms with E-state index in [1.54, 1.807) is 22.7 Å². The van der Waals surface area contributed by atoms with Gasteiger partial charge in [-0.05, 0) is 11.6 Å². The SMILES string of the molecule is c1ccc(-c2nc(-c3ccccc3)nc(-c3cccc(-c4csc5sc6scc(-c7nc(-c8ccccc8)nc(-c8ccccc8)n7)c6c45)c3)n2)cc1.